The van der Waals surface area contributed by atoms with Gasteiger partial charge in [0.25, 0.3) is 0 Å². The molecule has 8 heteroatoms. The van der Waals surface area contributed by atoms with E-state index >= 15 is 0 Å². The number of aromatic amines is 1. The van der Waals surface area contributed by atoms with Gasteiger partial charge in [-0.25, -0.2) is 8.42 Å². The van der Waals surface area contributed by atoms with Crippen molar-refractivity contribution in [2.24, 2.45) is 0 Å². The van der Waals surface area contributed by atoms with E-state index in [0.717, 1.165) is 29.8 Å². The molecule has 2 aliphatic rings. The van der Waals surface area contributed by atoms with Gasteiger partial charge in [0.15, 0.2) is 0 Å². The maximum atomic E-state index is 12.7. The summed E-state index contributed by atoms with van der Waals surface area (Å²) in [5, 5.41) is 7.51. The van der Waals surface area contributed by atoms with Crippen LogP contribution in [-0.4, -0.2) is 47.6 Å². The molecule has 0 amide bonds. The van der Waals surface area contributed by atoms with Crippen LogP contribution in [0.2, 0.25) is 0 Å². The normalized spacial score (nSPS) is 22.2. The zero-order valence-corrected chi connectivity index (χ0v) is 13.4. The van der Waals surface area contributed by atoms with Gasteiger partial charge in [0.2, 0.25) is 10.0 Å². The van der Waals surface area contributed by atoms with Gasteiger partial charge in [-0.1, -0.05) is 0 Å². The highest BCUT2D eigenvalue weighted by Gasteiger charge is 2.36. The van der Waals surface area contributed by atoms with Crippen LogP contribution in [0, 0.1) is 0 Å². The number of rotatable bonds is 3. The van der Waals surface area contributed by atoms with Crippen LogP contribution in [0.5, 0.6) is 0 Å². The number of nitrogens with zero attached hydrogens (tertiary/aromatic N) is 3. The lowest BCUT2D eigenvalue weighted by Gasteiger charge is -2.17. The summed E-state index contributed by atoms with van der Waals surface area (Å²) < 4.78 is 32.4. The lowest BCUT2D eigenvalue weighted by atomic mass is 9.98. The first kappa shape index (κ1) is 14.8. The minimum Gasteiger partial charge on any atom is -0.376 e. The molecular weight excluding hydrogens is 316 g/mol. The third-order valence-corrected chi connectivity index (χ3v) is 6.39. The second-order valence-electron chi connectivity index (χ2n) is 5.91. The monoisotopic (exact) mass is 334 g/mol. The second kappa shape index (κ2) is 5.70. The van der Waals surface area contributed by atoms with Crippen molar-refractivity contribution in [2.45, 2.75) is 30.3 Å². The van der Waals surface area contributed by atoms with Gasteiger partial charge in [0.1, 0.15) is 4.90 Å². The molecule has 0 spiro atoms. The van der Waals surface area contributed by atoms with E-state index in [2.05, 4.69) is 15.2 Å². The van der Waals surface area contributed by atoms with E-state index < -0.39 is 10.0 Å². The topological polar surface area (TPSA) is 88.2 Å². The zero-order chi connectivity index (χ0) is 15.9. The minimum absolute atomic E-state index is 0.114. The molecule has 4 rings (SSSR count). The summed E-state index contributed by atoms with van der Waals surface area (Å²) in [5.41, 5.74) is 3.20. The van der Waals surface area contributed by atoms with E-state index in [-0.39, 0.29) is 10.8 Å². The Morgan fingerprint density at radius 3 is 3.13 bits per heavy atom. The summed E-state index contributed by atoms with van der Waals surface area (Å²) in [6, 6.07) is 3.22. The summed E-state index contributed by atoms with van der Waals surface area (Å²) in [6.07, 6.45) is 4.58. The first-order valence-corrected chi connectivity index (χ1v) is 9.14. The molecule has 0 saturated carbocycles. The number of ether oxygens (including phenoxy) is 1. The number of pyridine rings is 1. The van der Waals surface area contributed by atoms with E-state index in [1.165, 1.54) is 10.5 Å². The smallest absolute Gasteiger partial charge is 0.244 e. The van der Waals surface area contributed by atoms with Crippen LogP contribution in [0.15, 0.2) is 29.4 Å². The number of fused-ring (bicyclic) bond motifs is 1. The molecule has 4 heterocycles. The number of H-pyrrole nitrogens is 1. The molecule has 2 aromatic heterocycles. The number of sulfonamides is 1. The predicted molar refractivity (Wildman–Crippen MR) is 82.3 cm³/mol. The van der Waals surface area contributed by atoms with Gasteiger partial charge in [-0.2, -0.15) is 9.40 Å². The Morgan fingerprint density at radius 1 is 1.39 bits per heavy atom. The van der Waals surface area contributed by atoms with E-state index in [9.17, 15) is 8.42 Å². The van der Waals surface area contributed by atoms with Gasteiger partial charge >= 0.3 is 0 Å². The second-order valence-corrected chi connectivity index (χ2v) is 7.84. The maximum absolute atomic E-state index is 12.7. The van der Waals surface area contributed by atoms with Crippen LogP contribution in [-0.2, 0) is 27.8 Å². The van der Waals surface area contributed by atoms with E-state index in [1.807, 2.05) is 0 Å². The summed E-state index contributed by atoms with van der Waals surface area (Å²) >= 11 is 0. The first-order valence-electron chi connectivity index (χ1n) is 7.70. The Balaban J connectivity index is 1.57. The van der Waals surface area contributed by atoms with Crippen molar-refractivity contribution in [1.82, 2.24) is 19.5 Å². The van der Waals surface area contributed by atoms with Crippen molar-refractivity contribution < 1.29 is 13.2 Å². The highest BCUT2D eigenvalue weighted by molar-refractivity contribution is 7.89. The Hall–Kier alpha value is -1.77. The lowest BCUT2D eigenvalue weighted by Crippen LogP contribution is -2.28. The third kappa shape index (κ3) is 2.56. The molecule has 23 heavy (non-hydrogen) atoms. The predicted octanol–water partition coefficient (Wildman–Crippen LogP) is 1.06. The zero-order valence-electron chi connectivity index (χ0n) is 12.6. The fraction of sp³-hybridized carbons (Fsp3) is 0.467. The molecule has 1 fully saturated rings. The van der Waals surface area contributed by atoms with Crippen molar-refractivity contribution in [3.63, 3.8) is 0 Å². The van der Waals surface area contributed by atoms with Crippen LogP contribution in [0.3, 0.4) is 0 Å². The van der Waals surface area contributed by atoms with Crippen molar-refractivity contribution in [2.75, 3.05) is 19.7 Å². The lowest BCUT2D eigenvalue weighted by molar-refractivity contribution is 0.109. The number of hydrogen-bond acceptors (Lipinski definition) is 5. The molecule has 122 valence electrons. The Labute approximate surface area is 134 Å². The molecule has 0 aromatic carbocycles. The SMILES string of the molecule is O=S(=O)(c1cccnc1)N1CCC(c2n[nH]c3c2COCC3)C1. The van der Waals surface area contributed by atoms with Crippen LogP contribution >= 0.6 is 0 Å². The average Bonchev–Trinajstić information content (AvgIpc) is 3.22. The minimum atomic E-state index is -3.48. The molecule has 1 atom stereocenters. The number of hydrogen-bond donors (Lipinski definition) is 1. The van der Waals surface area contributed by atoms with Crippen LogP contribution < -0.4 is 0 Å². The highest BCUT2D eigenvalue weighted by atomic mass is 32.2. The standard InChI is InChI=1S/C15H18N4O3S/c20-23(21,12-2-1-5-16-8-12)19-6-3-11(9-19)15-13-10-22-7-4-14(13)17-18-15/h1-2,5,8,11H,3-4,6-7,9-10H2,(H,17,18). The van der Waals surface area contributed by atoms with Crippen molar-refractivity contribution >= 4 is 10.0 Å². The van der Waals surface area contributed by atoms with Crippen molar-refractivity contribution in [1.29, 1.82) is 0 Å². The van der Waals surface area contributed by atoms with Crippen LogP contribution in [0.4, 0.5) is 0 Å². The summed E-state index contributed by atoms with van der Waals surface area (Å²) in [4.78, 5) is 4.15. The Kier molecular flexibility index (Phi) is 3.67. The molecule has 2 aliphatic heterocycles. The Morgan fingerprint density at radius 2 is 2.30 bits per heavy atom. The average molecular weight is 334 g/mol. The van der Waals surface area contributed by atoms with Crippen LogP contribution in [0.1, 0.15) is 29.3 Å². The first-order chi connectivity index (χ1) is 11.2. The molecule has 0 bridgehead atoms. The van der Waals surface area contributed by atoms with Crippen molar-refractivity contribution in [3.05, 3.63) is 41.5 Å². The van der Waals surface area contributed by atoms with Gasteiger partial charge in [0.05, 0.1) is 18.9 Å². The molecule has 2 aromatic rings. The van der Waals surface area contributed by atoms with Gasteiger partial charge in [-0.3, -0.25) is 10.1 Å². The van der Waals surface area contributed by atoms with E-state index in [0.29, 0.717) is 26.3 Å². The molecule has 0 aliphatic carbocycles. The number of aromatic nitrogens is 3. The van der Waals surface area contributed by atoms with E-state index in [1.54, 1.807) is 18.3 Å². The number of nitrogens with one attached hydrogen (secondary N) is 1. The van der Waals surface area contributed by atoms with Gasteiger partial charge < -0.3 is 4.74 Å². The van der Waals surface area contributed by atoms with E-state index in [4.69, 9.17) is 4.74 Å². The Bertz CT molecular complexity index is 803. The largest absolute Gasteiger partial charge is 0.376 e. The summed E-state index contributed by atoms with van der Waals surface area (Å²) in [5.74, 6) is 0.114. The third-order valence-electron chi connectivity index (χ3n) is 4.54. The molecule has 0 radical (unpaired) electrons. The summed E-state index contributed by atoms with van der Waals surface area (Å²) in [7, 11) is -3.48. The molecule has 1 saturated heterocycles. The molecular formula is C15H18N4O3S. The summed E-state index contributed by atoms with van der Waals surface area (Å²) in [6.45, 7) is 2.23. The van der Waals surface area contributed by atoms with Crippen molar-refractivity contribution in [3.8, 4) is 0 Å². The molecule has 7 nitrogen and oxygen atoms in total. The fourth-order valence-corrected chi connectivity index (χ4v) is 4.75. The fourth-order valence-electron chi connectivity index (χ4n) is 3.29. The van der Waals surface area contributed by atoms with Gasteiger partial charge in [-0.15, -0.1) is 0 Å². The highest BCUT2D eigenvalue weighted by Crippen LogP contribution is 2.33. The quantitative estimate of drug-likeness (QED) is 0.906. The van der Waals surface area contributed by atoms with Crippen LogP contribution in [0.25, 0.3) is 0 Å². The van der Waals surface area contributed by atoms with Gasteiger partial charge in [-0.05, 0) is 18.6 Å². The van der Waals surface area contributed by atoms with Gasteiger partial charge in [0, 0.05) is 49.1 Å². The maximum Gasteiger partial charge on any atom is 0.244 e. The molecule has 1 unspecified atom stereocenters. The molecule has 1 N–H and O–H groups in total.